The summed E-state index contributed by atoms with van der Waals surface area (Å²) in [5.41, 5.74) is 5.11. The van der Waals surface area contributed by atoms with Crippen molar-refractivity contribution in [2.45, 2.75) is 20.0 Å². The van der Waals surface area contributed by atoms with Gasteiger partial charge in [0.1, 0.15) is 5.75 Å². The molecular formula is C21H19N3O. The number of aromatic nitrogens is 3. The summed E-state index contributed by atoms with van der Waals surface area (Å²) in [6, 6.07) is 18.2. The highest BCUT2D eigenvalue weighted by atomic mass is 16.5. The standard InChI is InChI=1S/C21H19N3O/c1-15(2)25-19-10-8-16(9-11-19)18-12-22-21-20(13-23-24(21)14-18)17-6-4-3-5-7-17/h3-15H,1-2H3. The zero-order chi connectivity index (χ0) is 17.2. The molecule has 0 radical (unpaired) electrons. The first kappa shape index (κ1) is 15.4. The Morgan fingerprint density at radius 3 is 2.32 bits per heavy atom. The summed E-state index contributed by atoms with van der Waals surface area (Å²) in [4.78, 5) is 4.63. The number of rotatable bonds is 4. The van der Waals surface area contributed by atoms with Gasteiger partial charge in [-0.25, -0.2) is 9.50 Å². The largest absolute Gasteiger partial charge is 0.491 e. The zero-order valence-electron chi connectivity index (χ0n) is 14.3. The zero-order valence-corrected chi connectivity index (χ0v) is 14.3. The van der Waals surface area contributed by atoms with E-state index >= 15 is 0 Å². The van der Waals surface area contributed by atoms with E-state index in [2.05, 4.69) is 22.2 Å². The van der Waals surface area contributed by atoms with Crippen LogP contribution in [0.25, 0.3) is 27.9 Å². The van der Waals surface area contributed by atoms with Gasteiger partial charge in [0, 0.05) is 23.5 Å². The highest BCUT2D eigenvalue weighted by Gasteiger charge is 2.09. The van der Waals surface area contributed by atoms with Crippen LogP contribution in [0.3, 0.4) is 0 Å². The molecule has 0 fully saturated rings. The molecule has 0 bridgehead atoms. The van der Waals surface area contributed by atoms with Gasteiger partial charge in [0.2, 0.25) is 0 Å². The van der Waals surface area contributed by atoms with Gasteiger partial charge < -0.3 is 4.74 Å². The molecule has 0 atom stereocenters. The summed E-state index contributed by atoms with van der Waals surface area (Å²) in [5.74, 6) is 0.873. The Balaban J connectivity index is 1.68. The predicted octanol–water partition coefficient (Wildman–Crippen LogP) is 4.85. The molecule has 0 N–H and O–H groups in total. The van der Waals surface area contributed by atoms with E-state index in [4.69, 9.17) is 4.74 Å². The molecule has 0 saturated heterocycles. The molecule has 4 nitrogen and oxygen atoms in total. The maximum Gasteiger partial charge on any atom is 0.162 e. The molecule has 2 heterocycles. The van der Waals surface area contributed by atoms with Gasteiger partial charge >= 0.3 is 0 Å². The molecular weight excluding hydrogens is 310 g/mol. The Morgan fingerprint density at radius 2 is 1.60 bits per heavy atom. The van der Waals surface area contributed by atoms with Crippen LogP contribution in [0.1, 0.15) is 13.8 Å². The number of benzene rings is 2. The van der Waals surface area contributed by atoms with E-state index in [1.165, 1.54) is 0 Å². The summed E-state index contributed by atoms with van der Waals surface area (Å²) in [5, 5.41) is 4.47. The molecule has 0 amide bonds. The number of nitrogens with zero attached hydrogens (tertiary/aromatic N) is 3. The lowest BCUT2D eigenvalue weighted by Gasteiger charge is -2.10. The number of fused-ring (bicyclic) bond motifs is 1. The van der Waals surface area contributed by atoms with Gasteiger partial charge in [-0.3, -0.25) is 0 Å². The maximum atomic E-state index is 5.69. The van der Waals surface area contributed by atoms with E-state index in [9.17, 15) is 0 Å². The first-order chi connectivity index (χ1) is 12.2. The Hall–Kier alpha value is -3.14. The third-order valence-electron chi connectivity index (χ3n) is 4.00. The van der Waals surface area contributed by atoms with Crippen LogP contribution in [0.15, 0.2) is 73.2 Å². The molecule has 2 aromatic heterocycles. The fraction of sp³-hybridized carbons (Fsp3) is 0.143. The average molecular weight is 329 g/mol. The topological polar surface area (TPSA) is 39.4 Å². The van der Waals surface area contributed by atoms with Crippen molar-refractivity contribution in [2.75, 3.05) is 0 Å². The lowest BCUT2D eigenvalue weighted by molar-refractivity contribution is 0.242. The summed E-state index contributed by atoms with van der Waals surface area (Å²) in [6.07, 6.45) is 5.93. The lowest BCUT2D eigenvalue weighted by Crippen LogP contribution is -2.05. The van der Waals surface area contributed by atoms with Crippen LogP contribution >= 0.6 is 0 Å². The molecule has 0 unspecified atom stereocenters. The second-order valence-corrected chi connectivity index (χ2v) is 6.23. The number of hydrogen-bond acceptors (Lipinski definition) is 3. The van der Waals surface area contributed by atoms with Crippen molar-refractivity contribution in [3.05, 3.63) is 73.2 Å². The molecule has 4 rings (SSSR count). The minimum atomic E-state index is 0.171. The van der Waals surface area contributed by atoms with Gasteiger partial charge in [-0.2, -0.15) is 5.10 Å². The van der Waals surface area contributed by atoms with Gasteiger partial charge in [-0.1, -0.05) is 42.5 Å². The van der Waals surface area contributed by atoms with E-state index in [1.807, 2.05) is 79.4 Å². The smallest absolute Gasteiger partial charge is 0.162 e. The van der Waals surface area contributed by atoms with E-state index in [0.717, 1.165) is 33.7 Å². The van der Waals surface area contributed by atoms with E-state index in [0.29, 0.717) is 0 Å². The molecule has 4 aromatic rings. The number of ether oxygens (including phenoxy) is 1. The molecule has 2 aromatic carbocycles. The summed E-state index contributed by atoms with van der Waals surface area (Å²) in [7, 11) is 0. The molecule has 0 saturated carbocycles. The van der Waals surface area contributed by atoms with Crippen LogP contribution in [0.4, 0.5) is 0 Å². The normalized spacial score (nSPS) is 11.2. The molecule has 25 heavy (non-hydrogen) atoms. The Bertz CT molecular complexity index is 989. The number of hydrogen-bond donors (Lipinski definition) is 0. The molecule has 0 spiro atoms. The van der Waals surface area contributed by atoms with Crippen LogP contribution in [0, 0.1) is 0 Å². The third-order valence-corrected chi connectivity index (χ3v) is 4.00. The fourth-order valence-electron chi connectivity index (χ4n) is 2.84. The van der Waals surface area contributed by atoms with Crippen molar-refractivity contribution in [1.82, 2.24) is 14.6 Å². The quantitative estimate of drug-likeness (QED) is 0.537. The minimum absolute atomic E-state index is 0.171. The Labute approximate surface area is 146 Å². The SMILES string of the molecule is CC(C)Oc1ccc(-c2cnc3c(-c4ccccc4)cnn3c2)cc1. The molecule has 4 heteroatoms. The van der Waals surface area contributed by atoms with E-state index in [1.54, 1.807) is 0 Å². The summed E-state index contributed by atoms with van der Waals surface area (Å²) < 4.78 is 7.52. The Kier molecular flexibility index (Phi) is 3.94. The van der Waals surface area contributed by atoms with Gasteiger partial charge in [0.25, 0.3) is 0 Å². The van der Waals surface area contributed by atoms with Gasteiger partial charge in [0.05, 0.1) is 12.3 Å². The second kappa shape index (κ2) is 6.40. The van der Waals surface area contributed by atoms with Crippen LogP contribution in [0.5, 0.6) is 5.75 Å². The minimum Gasteiger partial charge on any atom is -0.491 e. The summed E-state index contributed by atoms with van der Waals surface area (Å²) in [6.45, 7) is 4.04. The average Bonchev–Trinajstić information content (AvgIpc) is 3.06. The third kappa shape index (κ3) is 3.11. The lowest BCUT2D eigenvalue weighted by atomic mass is 10.1. The van der Waals surface area contributed by atoms with E-state index in [-0.39, 0.29) is 6.10 Å². The maximum absolute atomic E-state index is 5.69. The predicted molar refractivity (Wildman–Crippen MR) is 99.6 cm³/mol. The van der Waals surface area contributed by atoms with Crippen LogP contribution < -0.4 is 4.74 Å². The van der Waals surface area contributed by atoms with E-state index < -0.39 is 0 Å². The van der Waals surface area contributed by atoms with Crippen molar-refractivity contribution in [2.24, 2.45) is 0 Å². The molecule has 0 aliphatic carbocycles. The molecule has 0 aliphatic heterocycles. The molecule has 0 aliphatic rings. The van der Waals surface area contributed by atoms with Gasteiger partial charge in [-0.15, -0.1) is 0 Å². The second-order valence-electron chi connectivity index (χ2n) is 6.23. The van der Waals surface area contributed by atoms with Crippen molar-refractivity contribution in [1.29, 1.82) is 0 Å². The fourth-order valence-corrected chi connectivity index (χ4v) is 2.84. The Morgan fingerprint density at radius 1 is 0.840 bits per heavy atom. The van der Waals surface area contributed by atoms with Crippen molar-refractivity contribution in [3.63, 3.8) is 0 Å². The van der Waals surface area contributed by atoms with Crippen LogP contribution in [-0.2, 0) is 0 Å². The van der Waals surface area contributed by atoms with Crippen molar-refractivity contribution >= 4 is 5.65 Å². The van der Waals surface area contributed by atoms with Gasteiger partial charge in [-0.05, 0) is 37.1 Å². The van der Waals surface area contributed by atoms with Gasteiger partial charge in [0.15, 0.2) is 5.65 Å². The monoisotopic (exact) mass is 329 g/mol. The van der Waals surface area contributed by atoms with Crippen molar-refractivity contribution < 1.29 is 4.74 Å². The van der Waals surface area contributed by atoms with Crippen molar-refractivity contribution in [3.8, 4) is 28.0 Å². The van der Waals surface area contributed by atoms with Crippen LogP contribution in [-0.4, -0.2) is 20.7 Å². The highest BCUT2D eigenvalue weighted by molar-refractivity contribution is 5.77. The summed E-state index contributed by atoms with van der Waals surface area (Å²) >= 11 is 0. The van der Waals surface area contributed by atoms with Crippen LogP contribution in [0.2, 0.25) is 0 Å². The first-order valence-corrected chi connectivity index (χ1v) is 8.36. The highest BCUT2D eigenvalue weighted by Crippen LogP contribution is 2.26. The first-order valence-electron chi connectivity index (χ1n) is 8.36. The molecule has 124 valence electrons.